The molecule has 0 heterocycles. The first kappa shape index (κ1) is 14.8. The smallest absolute Gasteiger partial charge is 0.0720 e. The predicted octanol–water partition coefficient (Wildman–Crippen LogP) is 1.04. The maximum absolute atomic E-state index is 5.62. The Morgan fingerprint density at radius 2 is 1.80 bits per heavy atom. The van der Waals surface area contributed by atoms with Gasteiger partial charge >= 0.3 is 0 Å². The van der Waals surface area contributed by atoms with Crippen molar-refractivity contribution < 1.29 is 14.2 Å². The maximum Gasteiger partial charge on any atom is 0.0720 e. The van der Waals surface area contributed by atoms with E-state index in [0.717, 1.165) is 13.0 Å². The third kappa shape index (κ3) is 8.81. The van der Waals surface area contributed by atoms with Gasteiger partial charge in [0.15, 0.2) is 0 Å². The summed E-state index contributed by atoms with van der Waals surface area (Å²) in [7, 11) is 1.67. The lowest BCUT2D eigenvalue weighted by molar-refractivity contribution is 0.00834. The van der Waals surface area contributed by atoms with Gasteiger partial charge in [0.25, 0.3) is 0 Å². The molecular weight excluding hydrogens is 194 g/mol. The van der Waals surface area contributed by atoms with Crippen molar-refractivity contribution in [2.45, 2.75) is 26.4 Å². The molecule has 4 nitrogen and oxygen atoms in total. The van der Waals surface area contributed by atoms with E-state index < -0.39 is 0 Å². The zero-order chi connectivity index (χ0) is 11.5. The molecule has 0 aromatic carbocycles. The zero-order valence-electron chi connectivity index (χ0n) is 10.2. The second-order valence-corrected chi connectivity index (χ2v) is 3.85. The fourth-order valence-electron chi connectivity index (χ4n) is 1.17. The molecule has 1 unspecified atom stereocenters. The molecule has 0 amide bonds. The molecule has 92 valence electrons. The Bertz CT molecular complexity index is 131. The van der Waals surface area contributed by atoms with Crippen molar-refractivity contribution >= 4 is 0 Å². The third-order valence-electron chi connectivity index (χ3n) is 2.17. The first-order valence-electron chi connectivity index (χ1n) is 5.60. The van der Waals surface area contributed by atoms with E-state index in [1.807, 2.05) is 0 Å². The molecule has 0 saturated heterocycles. The van der Waals surface area contributed by atoms with E-state index in [4.69, 9.17) is 19.9 Å². The van der Waals surface area contributed by atoms with Gasteiger partial charge in [-0.05, 0) is 12.3 Å². The van der Waals surface area contributed by atoms with E-state index in [2.05, 4.69) is 13.8 Å². The summed E-state index contributed by atoms with van der Waals surface area (Å²) in [6.45, 7) is 7.56. The SMILES string of the molecule is COCCOCCCOC(CN)C(C)C. The summed E-state index contributed by atoms with van der Waals surface area (Å²) >= 11 is 0. The lowest BCUT2D eigenvalue weighted by atomic mass is 10.1. The molecular formula is C11H25NO3. The van der Waals surface area contributed by atoms with Gasteiger partial charge in [0, 0.05) is 26.9 Å². The molecule has 15 heavy (non-hydrogen) atoms. The number of ether oxygens (including phenoxy) is 3. The molecule has 0 aromatic heterocycles. The third-order valence-corrected chi connectivity index (χ3v) is 2.17. The average Bonchev–Trinajstić information content (AvgIpc) is 2.21. The van der Waals surface area contributed by atoms with Crippen LogP contribution in [0.4, 0.5) is 0 Å². The van der Waals surface area contributed by atoms with Crippen LogP contribution in [0.15, 0.2) is 0 Å². The van der Waals surface area contributed by atoms with Gasteiger partial charge in [-0.15, -0.1) is 0 Å². The predicted molar refractivity (Wildman–Crippen MR) is 60.9 cm³/mol. The number of hydrogen-bond donors (Lipinski definition) is 1. The molecule has 0 aliphatic rings. The van der Waals surface area contributed by atoms with E-state index in [1.165, 1.54) is 0 Å². The highest BCUT2D eigenvalue weighted by Crippen LogP contribution is 2.05. The van der Waals surface area contributed by atoms with Crippen LogP contribution in [0, 0.1) is 5.92 Å². The molecule has 2 N–H and O–H groups in total. The minimum atomic E-state index is 0.170. The van der Waals surface area contributed by atoms with Crippen molar-refractivity contribution in [3.05, 3.63) is 0 Å². The summed E-state index contributed by atoms with van der Waals surface area (Å²) in [5.74, 6) is 0.476. The highest BCUT2D eigenvalue weighted by atomic mass is 16.5. The van der Waals surface area contributed by atoms with Crippen LogP contribution in [0.2, 0.25) is 0 Å². The van der Waals surface area contributed by atoms with Crippen LogP contribution in [-0.4, -0.2) is 46.2 Å². The van der Waals surface area contributed by atoms with Gasteiger partial charge in [0.05, 0.1) is 19.3 Å². The Morgan fingerprint density at radius 3 is 2.33 bits per heavy atom. The van der Waals surface area contributed by atoms with Gasteiger partial charge in [-0.3, -0.25) is 0 Å². The van der Waals surface area contributed by atoms with E-state index in [1.54, 1.807) is 7.11 Å². The summed E-state index contributed by atoms with van der Waals surface area (Å²) in [5.41, 5.74) is 5.58. The van der Waals surface area contributed by atoms with E-state index in [9.17, 15) is 0 Å². The van der Waals surface area contributed by atoms with Gasteiger partial charge < -0.3 is 19.9 Å². The molecule has 1 atom stereocenters. The number of nitrogens with two attached hydrogens (primary N) is 1. The topological polar surface area (TPSA) is 53.7 Å². The lowest BCUT2D eigenvalue weighted by Crippen LogP contribution is -2.29. The van der Waals surface area contributed by atoms with Crippen LogP contribution < -0.4 is 5.73 Å². The fourth-order valence-corrected chi connectivity index (χ4v) is 1.17. The molecule has 0 rings (SSSR count). The van der Waals surface area contributed by atoms with Crippen LogP contribution in [0.3, 0.4) is 0 Å². The Morgan fingerprint density at radius 1 is 1.07 bits per heavy atom. The first-order chi connectivity index (χ1) is 7.22. The largest absolute Gasteiger partial charge is 0.382 e. The summed E-state index contributed by atoms with van der Waals surface area (Å²) in [5, 5.41) is 0. The average molecular weight is 219 g/mol. The summed E-state index contributed by atoms with van der Waals surface area (Å²) < 4.78 is 15.8. The second kappa shape index (κ2) is 10.4. The van der Waals surface area contributed by atoms with Crippen molar-refractivity contribution in [1.29, 1.82) is 0 Å². The Labute approximate surface area is 93.1 Å². The molecule has 0 spiro atoms. The second-order valence-electron chi connectivity index (χ2n) is 3.85. The van der Waals surface area contributed by atoms with Crippen LogP contribution in [0.1, 0.15) is 20.3 Å². The van der Waals surface area contributed by atoms with Gasteiger partial charge in [-0.25, -0.2) is 0 Å². The molecule has 0 bridgehead atoms. The summed E-state index contributed by atoms with van der Waals surface area (Å²) in [6.07, 6.45) is 1.08. The molecule has 0 radical (unpaired) electrons. The fraction of sp³-hybridized carbons (Fsp3) is 1.00. The number of rotatable bonds is 10. The van der Waals surface area contributed by atoms with Crippen molar-refractivity contribution in [2.24, 2.45) is 11.7 Å². The molecule has 0 saturated carbocycles. The van der Waals surface area contributed by atoms with Crippen LogP contribution >= 0.6 is 0 Å². The summed E-state index contributed by atoms with van der Waals surface area (Å²) in [4.78, 5) is 0. The zero-order valence-corrected chi connectivity index (χ0v) is 10.2. The highest BCUT2D eigenvalue weighted by Gasteiger charge is 2.10. The molecule has 0 aliphatic heterocycles. The number of methoxy groups -OCH3 is 1. The molecule has 0 aromatic rings. The maximum atomic E-state index is 5.62. The van der Waals surface area contributed by atoms with Crippen molar-refractivity contribution in [3.8, 4) is 0 Å². The molecule has 0 fully saturated rings. The minimum absolute atomic E-state index is 0.170. The quantitative estimate of drug-likeness (QED) is 0.558. The molecule has 4 heteroatoms. The Balaban J connectivity index is 3.22. The minimum Gasteiger partial charge on any atom is -0.382 e. The van der Waals surface area contributed by atoms with E-state index in [-0.39, 0.29) is 6.10 Å². The first-order valence-corrected chi connectivity index (χ1v) is 5.60. The van der Waals surface area contributed by atoms with Gasteiger partial charge in [-0.1, -0.05) is 13.8 Å². The van der Waals surface area contributed by atoms with Crippen LogP contribution in [-0.2, 0) is 14.2 Å². The van der Waals surface area contributed by atoms with Crippen LogP contribution in [0.25, 0.3) is 0 Å². The molecule has 0 aliphatic carbocycles. The summed E-state index contributed by atoms with van der Waals surface area (Å²) in [6, 6.07) is 0. The number of hydrogen-bond acceptors (Lipinski definition) is 4. The van der Waals surface area contributed by atoms with Crippen LogP contribution in [0.5, 0.6) is 0 Å². The van der Waals surface area contributed by atoms with E-state index in [0.29, 0.717) is 32.3 Å². The van der Waals surface area contributed by atoms with Gasteiger partial charge in [0.1, 0.15) is 0 Å². The standard InChI is InChI=1S/C11H25NO3/c1-10(2)11(9-12)15-6-4-5-14-8-7-13-3/h10-11H,4-9,12H2,1-3H3. The van der Waals surface area contributed by atoms with E-state index >= 15 is 0 Å². The van der Waals surface area contributed by atoms with Crippen molar-refractivity contribution in [1.82, 2.24) is 0 Å². The monoisotopic (exact) mass is 219 g/mol. The Hall–Kier alpha value is -0.160. The normalized spacial score (nSPS) is 13.4. The van der Waals surface area contributed by atoms with Gasteiger partial charge in [0.2, 0.25) is 0 Å². The van der Waals surface area contributed by atoms with Gasteiger partial charge in [-0.2, -0.15) is 0 Å². The Kier molecular flexibility index (Phi) is 10.3. The van der Waals surface area contributed by atoms with Crippen molar-refractivity contribution in [3.63, 3.8) is 0 Å². The lowest BCUT2D eigenvalue weighted by Gasteiger charge is -2.19. The van der Waals surface area contributed by atoms with Crippen molar-refractivity contribution in [2.75, 3.05) is 40.1 Å². The highest BCUT2D eigenvalue weighted by molar-refractivity contribution is 4.62.